The second-order valence-electron chi connectivity index (χ2n) is 11.1. The number of rotatable bonds is 3. The topological polar surface area (TPSA) is 0 Å². The molecule has 0 bridgehead atoms. The molecule has 0 N–H and O–H groups in total. The molecule has 2 radical (unpaired) electrons. The maximum atomic E-state index is 13.4. The van der Waals surface area contributed by atoms with Crippen molar-refractivity contribution in [1.82, 2.24) is 0 Å². The van der Waals surface area contributed by atoms with Gasteiger partial charge in [-0.05, 0) is 35.6 Å². The molecule has 1 heterocycles. The molecule has 0 aromatic heterocycles. The molecule has 0 unspecified atom stereocenters. The van der Waals surface area contributed by atoms with Gasteiger partial charge in [-0.2, -0.15) is 61.9 Å². The Morgan fingerprint density at radius 2 is 1.36 bits per heavy atom. The van der Waals surface area contributed by atoms with E-state index in [1.807, 2.05) is 52.0 Å². The van der Waals surface area contributed by atoms with Crippen LogP contribution in [-0.2, 0) is 33.2 Å². The van der Waals surface area contributed by atoms with Gasteiger partial charge in [-0.15, -0.1) is 40.1 Å². The van der Waals surface area contributed by atoms with Crippen LogP contribution in [-0.4, -0.2) is 9.52 Å². The molecule has 5 aromatic carbocycles. The minimum Gasteiger partial charge on any atom is -0.184 e. The maximum absolute atomic E-state index is 13.4. The van der Waals surface area contributed by atoms with Crippen molar-refractivity contribution < 1.29 is 47.2 Å². The van der Waals surface area contributed by atoms with E-state index in [9.17, 15) is 26.3 Å². The molecule has 0 fully saturated rings. The fourth-order valence-corrected chi connectivity index (χ4v) is 6.59. The smallest absolute Gasteiger partial charge is 0.0920 e. The van der Waals surface area contributed by atoms with E-state index in [2.05, 4.69) is 42.5 Å². The van der Waals surface area contributed by atoms with Crippen molar-refractivity contribution in [3.05, 3.63) is 113 Å². The Hall–Kier alpha value is -2.25. The summed E-state index contributed by atoms with van der Waals surface area (Å²) < 4.78 is 80.2. The van der Waals surface area contributed by atoms with Gasteiger partial charge in [0.2, 0.25) is 0 Å². The van der Waals surface area contributed by atoms with Crippen LogP contribution < -0.4 is 10.4 Å². The van der Waals surface area contributed by atoms with Gasteiger partial charge >= 0.3 is 50.2 Å². The summed E-state index contributed by atoms with van der Waals surface area (Å²) in [5, 5.41) is 4.30. The van der Waals surface area contributed by atoms with Crippen molar-refractivity contribution in [2.45, 2.75) is 51.9 Å². The normalized spacial score (nSPS) is 12.2. The van der Waals surface area contributed by atoms with Gasteiger partial charge < -0.3 is 0 Å². The summed E-state index contributed by atoms with van der Waals surface area (Å²) in [4.78, 5) is 0. The van der Waals surface area contributed by atoms with Gasteiger partial charge in [0.1, 0.15) is 0 Å². The van der Waals surface area contributed by atoms with Gasteiger partial charge in [0.15, 0.2) is 0 Å². The van der Waals surface area contributed by atoms with Gasteiger partial charge in [0.25, 0.3) is 0 Å². The van der Waals surface area contributed by atoms with E-state index in [-0.39, 0.29) is 23.5 Å². The Morgan fingerprint density at radius 3 is 1.93 bits per heavy atom. The van der Waals surface area contributed by atoms with E-state index < -0.39 is 44.3 Å². The molecular weight excluding hydrogens is 725 g/mol. The molecule has 0 amide bonds. The molecule has 0 spiro atoms. The van der Waals surface area contributed by atoms with E-state index in [1.165, 1.54) is 21.5 Å². The van der Waals surface area contributed by atoms with Crippen LogP contribution in [0.3, 0.4) is 0 Å². The van der Waals surface area contributed by atoms with Crippen molar-refractivity contribution >= 4 is 47.7 Å². The number of fused-ring (bicyclic) bond motifs is 4. The number of halogens is 8. The summed E-state index contributed by atoms with van der Waals surface area (Å²) in [5.74, 6) is 0.112. The second kappa shape index (κ2) is 14.7. The third kappa shape index (κ3) is 8.38. The van der Waals surface area contributed by atoms with Gasteiger partial charge in [0.05, 0.1) is 20.6 Å². The van der Waals surface area contributed by atoms with Crippen LogP contribution in [0.25, 0.3) is 33.0 Å². The minimum absolute atomic E-state index is 0.0673. The predicted octanol–water partition coefficient (Wildman–Crippen LogP) is 11.0. The molecule has 5 aromatic rings. The molecule has 0 aliphatic carbocycles. The van der Waals surface area contributed by atoms with Crippen molar-refractivity contribution in [3.8, 4) is 22.3 Å². The molecule has 0 atom stereocenters. The Labute approximate surface area is 280 Å². The van der Waals surface area contributed by atoms with Gasteiger partial charge in [0, 0.05) is 0 Å². The van der Waals surface area contributed by atoms with Crippen LogP contribution >= 0.6 is 17.0 Å². The third-order valence-corrected chi connectivity index (χ3v) is 8.81. The number of hydrogen-bond donors (Lipinski definition) is 0. The predicted molar refractivity (Wildman–Crippen MR) is 171 cm³/mol. The first kappa shape index (κ1) is 35.6. The zero-order valence-corrected chi connectivity index (χ0v) is 29.7. The maximum Gasteiger partial charge on any atom is 0.0920 e. The first-order valence-corrected chi connectivity index (χ1v) is 21.3. The third-order valence-electron chi connectivity index (χ3n) is 7.44. The molecule has 0 saturated heterocycles. The van der Waals surface area contributed by atoms with E-state index in [0.717, 1.165) is 32.6 Å². The summed E-state index contributed by atoms with van der Waals surface area (Å²) >= 11 is -0.826. The Bertz CT molecular complexity index is 1700. The van der Waals surface area contributed by atoms with Gasteiger partial charge in [-0.3, -0.25) is 0 Å². The van der Waals surface area contributed by atoms with Gasteiger partial charge in [-0.1, -0.05) is 73.8 Å². The van der Waals surface area contributed by atoms with Crippen LogP contribution in [0.2, 0.25) is 0 Å². The fourth-order valence-electron chi connectivity index (χ4n) is 5.28. The first-order chi connectivity index (χ1) is 21.1. The first-order valence-electron chi connectivity index (χ1n) is 14.0. The number of hydrogen-bond acceptors (Lipinski definition) is 0. The summed E-state index contributed by atoms with van der Waals surface area (Å²) in [5.41, 5.74) is 2.23. The van der Waals surface area contributed by atoms with Crippen molar-refractivity contribution in [1.29, 1.82) is 0 Å². The molecule has 0 saturated carbocycles. The van der Waals surface area contributed by atoms with E-state index in [1.54, 1.807) is 6.07 Å². The zero-order chi connectivity index (χ0) is 33.1. The molecule has 0 nitrogen and oxygen atoms in total. The Kier molecular flexibility index (Phi) is 11.6. The minimum atomic E-state index is -4.88. The van der Waals surface area contributed by atoms with Crippen LogP contribution in [0.5, 0.6) is 0 Å². The molecule has 232 valence electrons. The SMILES string of the molecule is CC(C)c1cc2c(-c3cc(C(F)(F)F)cc(C(F)(F)F)c3)c(C(C)C)ccc2[cH-]1.[Cl][Zr+2][Cl].[c-]1cccc2c1[Si]c1ccccc1-2. The molecule has 1 aliphatic heterocycles. The second-order valence-corrected chi connectivity index (χ2v) is 16.1. The van der Waals surface area contributed by atoms with Crippen LogP contribution in [0.1, 0.15) is 61.8 Å². The molecular formula is C35H28Cl2F6SiZr. The van der Waals surface area contributed by atoms with E-state index in [4.69, 9.17) is 17.0 Å². The molecule has 45 heavy (non-hydrogen) atoms. The average molecular weight is 753 g/mol. The van der Waals surface area contributed by atoms with Crippen LogP contribution in [0.15, 0.2) is 84.9 Å². The average Bonchev–Trinajstić information content (AvgIpc) is 3.58. The number of benzene rings is 4. The number of alkyl halides is 6. The van der Waals surface area contributed by atoms with Crippen molar-refractivity contribution in [3.63, 3.8) is 0 Å². The summed E-state index contributed by atoms with van der Waals surface area (Å²) in [6, 6.07) is 27.4. The van der Waals surface area contributed by atoms with E-state index >= 15 is 0 Å². The largest absolute Gasteiger partial charge is 0.184 e. The molecule has 1 aliphatic rings. The van der Waals surface area contributed by atoms with E-state index in [0.29, 0.717) is 16.5 Å². The standard InChI is InChI=1S/C23H21F6.C12H7Si.2ClH.Zr/c1-12(2)15-7-14-5-6-19(13(3)4)21(20(14)10-15)16-8-17(22(24,25)26)11-18(9-16)23(27,28)29;1-3-7-11-9(5-1)10-6-2-4-8-12(10)13-11;;;/h5-13H,1-4H3;1-7H;2*1H;/q2*-1;;;+4/p-2. The molecule has 6 rings (SSSR count). The fraction of sp³-hybridized carbons (Fsp3) is 0.229. The van der Waals surface area contributed by atoms with Crippen LogP contribution in [0.4, 0.5) is 26.3 Å². The van der Waals surface area contributed by atoms with Crippen LogP contribution in [0, 0.1) is 6.07 Å². The summed E-state index contributed by atoms with van der Waals surface area (Å²) in [7, 11) is 10.7. The molecule has 10 heteroatoms. The van der Waals surface area contributed by atoms with Crippen molar-refractivity contribution in [2.24, 2.45) is 0 Å². The van der Waals surface area contributed by atoms with Crippen molar-refractivity contribution in [2.75, 3.05) is 0 Å². The monoisotopic (exact) mass is 750 g/mol. The Balaban J connectivity index is 0.000000236. The summed E-state index contributed by atoms with van der Waals surface area (Å²) in [6.45, 7) is 7.72. The Morgan fingerprint density at radius 1 is 0.756 bits per heavy atom. The zero-order valence-electron chi connectivity index (χ0n) is 24.8. The quantitative estimate of drug-likeness (QED) is 0.0959. The van der Waals surface area contributed by atoms with Gasteiger partial charge in [-0.25, -0.2) is 0 Å². The summed E-state index contributed by atoms with van der Waals surface area (Å²) in [6.07, 6.45) is -9.76.